The fourth-order valence-electron chi connectivity index (χ4n) is 3.95. The number of amides is 3. The third-order valence-corrected chi connectivity index (χ3v) is 5.78. The van der Waals surface area contributed by atoms with Gasteiger partial charge in [0.1, 0.15) is 11.6 Å². The van der Waals surface area contributed by atoms with Gasteiger partial charge in [0.2, 0.25) is 5.91 Å². The number of rotatable bonds is 8. The number of benzene rings is 3. The molecule has 1 fully saturated rings. The molecule has 2 unspecified atom stereocenters. The van der Waals surface area contributed by atoms with Crippen LogP contribution in [0.2, 0.25) is 0 Å². The van der Waals surface area contributed by atoms with Gasteiger partial charge in [-0.15, -0.1) is 0 Å². The minimum Gasteiger partial charge on any atom is -0.438 e. The van der Waals surface area contributed by atoms with Gasteiger partial charge >= 0.3 is 6.09 Å². The number of carbonyl (C=O) groups excluding carboxylic acids is 3. The summed E-state index contributed by atoms with van der Waals surface area (Å²) in [6.07, 6.45) is -0.851. The van der Waals surface area contributed by atoms with E-state index in [1.807, 2.05) is 6.92 Å². The first-order valence-electron chi connectivity index (χ1n) is 11.5. The van der Waals surface area contributed by atoms with E-state index in [9.17, 15) is 23.2 Å². The van der Waals surface area contributed by atoms with Gasteiger partial charge in [0.05, 0.1) is 12.1 Å². The average molecular weight is 494 g/mol. The topological polar surface area (TPSA) is 87.7 Å². The monoisotopic (exact) mass is 493 g/mol. The van der Waals surface area contributed by atoms with Gasteiger partial charge in [0.15, 0.2) is 12.1 Å². The van der Waals surface area contributed by atoms with Crippen molar-refractivity contribution < 1.29 is 27.9 Å². The molecule has 9 heteroatoms. The quantitative estimate of drug-likeness (QED) is 0.472. The molecular formula is C27H25F2N3O4. The molecule has 1 heterocycles. The Morgan fingerprint density at radius 3 is 2.33 bits per heavy atom. The molecule has 3 amide bonds. The summed E-state index contributed by atoms with van der Waals surface area (Å²) in [7, 11) is 0. The van der Waals surface area contributed by atoms with Gasteiger partial charge < -0.3 is 15.4 Å². The van der Waals surface area contributed by atoms with Gasteiger partial charge in [-0.25, -0.2) is 13.6 Å². The number of halogens is 2. The standard InChI is InChI=1S/C27H25F2N3O4/c1-2-15-30-26(34)23-24(36-27(35)32(23)16-17-7-11-19(28)12-8-17)18-9-13-20(14-10-18)31-25(33)21-5-3-4-6-22(21)29/h3-14,23-24H,2,15-16H2,1H3,(H,30,34)(H,31,33). The van der Waals surface area contributed by atoms with Crippen LogP contribution < -0.4 is 10.6 Å². The number of ether oxygens (including phenoxy) is 1. The Bertz CT molecular complexity index is 1250. The van der Waals surface area contributed by atoms with E-state index in [0.29, 0.717) is 29.8 Å². The lowest BCUT2D eigenvalue weighted by Gasteiger charge is -2.24. The second-order valence-corrected chi connectivity index (χ2v) is 8.35. The number of hydrogen-bond donors (Lipinski definition) is 2. The molecule has 3 aromatic rings. The molecule has 186 valence electrons. The highest BCUT2D eigenvalue weighted by Crippen LogP contribution is 2.34. The molecule has 2 N–H and O–H groups in total. The summed E-state index contributed by atoms with van der Waals surface area (Å²) >= 11 is 0. The van der Waals surface area contributed by atoms with Gasteiger partial charge in [-0.3, -0.25) is 14.5 Å². The summed E-state index contributed by atoms with van der Waals surface area (Å²) in [5.41, 5.74) is 1.51. The van der Waals surface area contributed by atoms with E-state index in [0.717, 1.165) is 0 Å². The second-order valence-electron chi connectivity index (χ2n) is 8.35. The van der Waals surface area contributed by atoms with Crippen LogP contribution in [0.1, 0.15) is 40.9 Å². The molecule has 0 bridgehead atoms. The van der Waals surface area contributed by atoms with Gasteiger partial charge in [-0.2, -0.15) is 0 Å². The first kappa shape index (κ1) is 24.8. The van der Waals surface area contributed by atoms with Crippen LogP contribution in [0.4, 0.5) is 19.3 Å². The van der Waals surface area contributed by atoms with Crippen LogP contribution in [0.3, 0.4) is 0 Å². The number of nitrogens with one attached hydrogen (secondary N) is 2. The minimum atomic E-state index is -0.951. The normalized spacial score (nSPS) is 17.0. The Labute approximate surface area is 207 Å². The Hall–Kier alpha value is -4.27. The molecule has 7 nitrogen and oxygen atoms in total. The molecule has 36 heavy (non-hydrogen) atoms. The highest BCUT2D eigenvalue weighted by molar-refractivity contribution is 6.04. The van der Waals surface area contributed by atoms with Gasteiger partial charge in [0, 0.05) is 12.2 Å². The van der Waals surface area contributed by atoms with Crippen molar-refractivity contribution in [1.29, 1.82) is 0 Å². The fraction of sp³-hybridized carbons (Fsp3) is 0.222. The first-order valence-corrected chi connectivity index (χ1v) is 11.5. The van der Waals surface area contributed by atoms with Gasteiger partial charge in [-0.1, -0.05) is 43.3 Å². The third kappa shape index (κ3) is 5.51. The summed E-state index contributed by atoms with van der Waals surface area (Å²) in [5, 5.41) is 5.44. The summed E-state index contributed by atoms with van der Waals surface area (Å²) in [6, 6.07) is 16.8. The maximum Gasteiger partial charge on any atom is 0.411 e. The van der Waals surface area contributed by atoms with Crippen molar-refractivity contribution in [3.63, 3.8) is 0 Å². The molecule has 0 radical (unpaired) electrons. The van der Waals surface area contributed by atoms with E-state index in [1.165, 1.54) is 35.2 Å². The van der Waals surface area contributed by atoms with E-state index in [1.54, 1.807) is 42.5 Å². The summed E-state index contributed by atoms with van der Waals surface area (Å²) < 4.78 is 32.8. The highest BCUT2D eigenvalue weighted by atomic mass is 19.1. The van der Waals surface area contributed by atoms with Crippen molar-refractivity contribution in [3.8, 4) is 0 Å². The Morgan fingerprint density at radius 1 is 0.972 bits per heavy atom. The van der Waals surface area contributed by atoms with Crippen molar-refractivity contribution in [1.82, 2.24) is 10.2 Å². The average Bonchev–Trinajstić information content (AvgIpc) is 3.20. The lowest BCUT2D eigenvalue weighted by atomic mass is 10.00. The van der Waals surface area contributed by atoms with Crippen molar-refractivity contribution in [2.45, 2.75) is 32.0 Å². The van der Waals surface area contributed by atoms with Crippen LogP contribution in [-0.4, -0.2) is 35.4 Å². The maximum atomic E-state index is 13.9. The van der Waals surface area contributed by atoms with Crippen LogP contribution in [0.5, 0.6) is 0 Å². The molecule has 0 saturated carbocycles. The fourth-order valence-corrected chi connectivity index (χ4v) is 3.95. The Kier molecular flexibility index (Phi) is 7.58. The zero-order valence-electron chi connectivity index (χ0n) is 19.5. The molecule has 4 rings (SSSR count). The van der Waals surface area contributed by atoms with E-state index >= 15 is 0 Å². The molecule has 3 aromatic carbocycles. The summed E-state index contributed by atoms with van der Waals surface area (Å²) in [4.78, 5) is 39.5. The largest absolute Gasteiger partial charge is 0.438 e. The number of anilines is 1. The molecular weight excluding hydrogens is 468 g/mol. The first-order chi connectivity index (χ1) is 17.4. The van der Waals surface area contributed by atoms with E-state index in [-0.39, 0.29) is 18.0 Å². The SMILES string of the molecule is CCCNC(=O)C1C(c2ccc(NC(=O)c3ccccc3F)cc2)OC(=O)N1Cc1ccc(F)cc1. The number of cyclic esters (lactones) is 1. The van der Waals surface area contributed by atoms with Crippen LogP contribution in [0.25, 0.3) is 0 Å². The van der Waals surface area contributed by atoms with Crippen molar-refractivity contribution in [2.75, 3.05) is 11.9 Å². The predicted molar refractivity (Wildman–Crippen MR) is 129 cm³/mol. The van der Waals surface area contributed by atoms with E-state index < -0.39 is 35.8 Å². The number of carbonyl (C=O) groups is 3. The highest BCUT2D eigenvalue weighted by Gasteiger charge is 2.46. The smallest absolute Gasteiger partial charge is 0.411 e. The van der Waals surface area contributed by atoms with Crippen molar-refractivity contribution >= 4 is 23.6 Å². The third-order valence-electron chi connectivity index (χ3n) is 5.78. The van der Waals surface area contributed by atoms with Crippen molar-refractivity contribution in [2.24, 2.45) is 0 Å². The van der Waals surface area contributed by atoms with Crippen LogP contribution in [-0.2, 0) is 16.1 Å². The Balaban J connectivity index is 1.54. The maximum absolute atomic E-state index is 13.9. The summed E-state index contributed by atoms with van der Waals surface area (Å²) in [6.45, 7) is 2.41. The van der Waals surface area contributed by atoms with Crippen molar-refractivity contribution in [3.05, 3.63) is 101 Å². The van der Waals surface area contributed by atoms with Crippen LogP contribution in [0, 0.1) is 11.6 Å². The zero-order chi connectivity index (χ0) is 25.7. The molecule has 0 spiro atoms. The Morgan fingerprint density at radius 2 is 1.67 bits per heavy atom. The van der Waals surface area contributed by atoms with Gasteiger partial charge in [0.25, 0.3) is 5.91 Å². The lowest BCUT2D eigenvalue weighted by molar-refractivity contribution is -0.126. The minimum absolute atomic E-state index is 0.0661. The lowest BCUT2D eigenvalue weighted by Crippen LogP contribution is -2.46. The van der Waals surface area contributed by atoms with Crippen LogP contribution >= 0.6 is 0 Å². The number of hydrogen-bond acceptors (Lipinski definition) is 4. The van der Waals surface area contributed by atoms with Gasteiger partial charge in [-0.05, 0) is 53.9 Å². The molecule has 1 aliphatic heterocycles. The summed E-state index contributed by atoms with van der Waals surface area (Å²) in [5.74, 6) is -2.01. The zero-order valence-corrected chi connectivity index (χ0v) is 19.5. The molecule has 1 aliphatic rings. The van der Waals surface area contributed by atoms with E-state index in [4.69, 9.17) is 4.74 Å². The molecule has 2 atom stereocenters. The molecule has 0 aromatic heterocycles. The molecule has 0 aliphatic carbocycles. The van der Waals surface area contributed by atoms with Crippen LogP contribution in [0.15, 0.2) is 72.8 Å². The number of nitrogens with zero attached hydrogens (tertiary/aromatic N) is 1. The molecule has 1 saturated heterocycles. The predicted octanol–water partition coefficient (Wildman–Crippen LogP) is 4.81. The van der Waals surface area contributed by atoms with E-state index in [2.05, 4.69) is 10.6 Å². The second kappa shape index (κ2) is 11.0.